The molecule has 1 N–H and O–H groups in total. The summed E-state index contributed by atoms with van der Waals surface area (Å²) in [6.45, 7) is 5.18. The summed E-state index contributed by atoms with van der Waals surface area (Å²) in [5.74, 6) is 2.32. The van der Waals surface area contributed by atoms with Crippen LogP contribution in [0.25, 0.3) is 0 Å². The summed E-state index contributed by atoms with van der Waals surface area (Å²) in [6.07, 6.45) is 3.29. The van der Waals surface area contributed by atoms with Gasteiger partial charge in [-0.05, 0) is 33.1 Å². The van der Waals surface area contributed by atoms with E-state index in [2.05, 4.69) is 20.4 Å². The molecule has 0 atom stereocenters. The number of amides is 1. The Morgan fingerprint density at radius 3 is 2.59 bits per heavy atom. The number of nitrogens with zero attached hydrogens (tertiary/aromatic N) is 4. The largest absolute Gasteiger partial charge is 0.360 e. The van der Waals surface area contributed by atoms with Gasteiger partial charge in [0.25, 0.3) is 5.91 Å². The molecule has 7 nitrogen and oxygen atoms in total. The SMILES string of the molecule is Cc1nc(Nc2cc(C)on2)cc(C(=O)N2CCCCC2)n1. The van der Waals surface area contributed by atoms with Gasteiger partial charge in [-0.1, -0.05) is 5.16 Å². The van der Waals surface area contributed by atoms with E-state index in [1.54, 1.807) is 19.1 Å². The van der Waals surface area contributed by atoms with Crippen LogP contribution in [0, 0.1) is 13.8 Å². The van der Waals surface area contributed by atoms with Crippen LogP contribution in [0.1, 0.15) is 41.3 Å². The summed E-state index contributed by atoms with van der Waals surface area (Å²) in [4.78, 5) is 23.0. The van der Waals surface area contributed by atoms with Crippen molar-refractivity contribution >= 4 is 17.5 Å². The highest BCUT2D eigenvalue weighted by Gasteiger charge is 2.20. The average Bonchev–Trinajstić information content (AvgIpc) is 2.92. The van der Waals surface area contributed by atoms with Gasteiger partial charge in [0.1, 0.15) is 23.1 Å². The zero-order valence-electron chi connectivity index (χ0n) is 12.8. The quantitative estimate of drug-likeness (QED) is 0.937. The third-order valence-corrected chi connectivity index (χ3v) is 3.58. The lowest BCUT2D eigenvalue weighted by molar-refractivity contribution is 0.0718. The predicted octanol–water partition coefficient (Wildman–Crippen LogP) is 2.45. The molecule has 3 rings (SSSR count). The van der Waals surface area contributed by atoms with Gasteiger partial charge >= 0.3 is 0 Å². The summed E-state index contributed by atoms with van der Waals surface area (Å²) in [5, 5.41) is 6.90. The van der Waals surface area contributed by atoms with Crippen LogP contribution in [0.2, 0.25) is 0 Å². The fourth-order valence-electron chi connectivity index (χ4n) is 2.56. The lowest BCUT2D eigenvalue weighted by atomic mass is 10.1. The van der Waals surface area contributed by atoms with Crippen LogP contribution in [0.15, 0.2) is 16.7 Å². The topological polar surface area (TPSA) is 84.2 Å². The molecule has 0 saturated carbocycles. The van der Waals surface area contributed by atoms with Crippen molar-refractivity contribution in [3.8, 4) is 0 Å². The van der Waals surface area contributed by atoms with Crippen LogP contribution >= 0.6 is 0 Å². The summed E-state index contributed by atoms with van der Waals surface area (Å²) in [5.41, 5.74) is 0.414. The molecule has 1 aliphatic rings. The van der Waals surface area contributed by atoms with Gasteiger partial charge in [-0.2, -0.15) is 0 Å². The molecule has 2 aromatic heterocycles. The maximum atomic E-state index is 12.5. The van der Waals surface area contributed by atoms with Crippen molar-refractivity contribution in [3.63, 3.8) is 0 Å². The van der Waals surface area contributed by atoms with E-state index in [-0.39, 0.29) is 5.91 Å². The molecule has 0 aromatic carbocycles. The molecular weight excluding hydrogens is 282 g/mol. The van der Waals surface area contributed by atoms with E-state index in [0.29, 0.717) is 28.9 Å². The summed E-state index contributed by atoms with van der Waals surface area (Å²) < 4.78 is 5.01. The Morgan fingerprint density at radius 1 is 1.14 bits per heavy atom. The first kappa shape index (κ1) is 14.5. The minimum atomic E-state index is -0.0374. The zero-order valence-corrected chi connectivity index (χ0v) is 12.8. The lowest BCUT2D eigenvalue weighted by Gasteiger charge is -2.26. The second kappa shape index (κ2) is 6.13. The Hall–Kier alpha value is -2.44. The van der Waals surface area contributed by atoms with Gasteiger partial charge in [0.2, 0.25) is 0 Å². The van der Waals surface area contributed by atoms with Crippen molar-refractivity contribution in [1.29, 1.82) is 0 Å². The number of rotatable bonds is 3. The van der Waals surface area contributed by atoms with Crippen molar-refractivity contribution in [2.24, 2.45) is 0 Å². The molecule has 116 valence electrons. The number of hydrogen-bond acceptors (Lipinski definition) is 6. The number of carbonyl (C=O) groups is 1. The van der Waals surface area contributed by atoms with Gasteiger partial charge in [-0.25, -0.2) is 9.97 Å². The zero-order chi connectivity index (χ0) is 15.5. The van der Waals surface area contributed by atoms with Gasteiger partial charge < -0.3 is 14.7 Å². The second-order valence-electron chi connectivity index (χ2n) is 5.49. The third-order valence-electron chi connectivity index (χ3n) is 3.58. The standard InChI is InChI=1S/C15H19N5O2/c1-10-8-14(19-22-10)18-13-9-12(16-11(2)17-13)15(21)20-6-4-3-5-7-20/h8-9H,3-7H2,1-2H3,(H,16,17,18,19). The number of aryl methyl sites for hydroxylation is 2. The third kappa shape index (κ3) is 3.24. The molecule has 1 aliphatic heterocycles. The normalized spacial score (nSPS) is 14.9. The van der Waals surface area contributed by atoms with Crippen molar-refractivity contribution in [1.82, 2.24) is 20.0 Å². The first-order valence-electron chi connectivity index (χ1n) is 7.47. The molecule has 0 radical (unpaired) electrons. The molecular formula is C15H19N5O2. The molecule has 0 spiro atoms. The highest BCUT2D eigenvalue weighted by atomic mass is 16.5. The van der Waals surface area contributed by atoms with Gasteiger partial charge in [-0.3, -0.25) is 4.79 Å². The predicted molar refractivity (Wildman–Crippen MR) is 81.0 cm³/mol. The van der Waals surface area contributed by atoms with Crippen LogP contribution in [-0.2, 0) is 0 Å². The fourth-order valence-corrected chi connectivity index (χ4v) is 2.56. The van der Waals surface area contributed by atoms with E-state index in [9.17, 15) is 4.79 Å². The Labute approximate surface area is 128 Å². The van der Waals surface area contributed by atoms with E-state index in [1.165, 1.54) is 6.42 Å². The highest BCUT2D eigenvalue weighted by molar-refractivity contribution is 5.93. The van der Waals surface area contributed by atoms with Crippen LogP contribution in [0.3, 0.4) is 0 Å². The van der Waals surface area contributed by atoms with Crippen molar-refractivity contribution in [3.05, 3.63) is 29.4 Å². The van der Waals surface area contributed by atoms with Crippen LogP contribution in [-0.4, -0.2) is 39.0 Å². The monoisotopic (exact) mass is 301 g/mol. The van der Waals surface area contributed by atoms with E-state index >= 15 is 0 Å². The van der Waals surface area contributed by atoms with E-state index < -0.39 is 0 Å². The number of aromatic nitrogens is 3. The maximum absolute atomic E-state index is 12.5. The van der Waals surface area contributed by atoms with Crippen LogP contribution in [0.4, 0.5) is 11.6 Å². The number of anilines is 2. The van der Waals surface area contributed by atoms with Gasteiger partial charge in [0.05, 0.1) is 0 Å². The molecule has 22 heavy (non-hydrogen) atoms. The molecule has 2 aromatic rings. The number of hydrogen-bond donors (Lipinski definition) is 1. The Morgan fingerprint density at radius 2 is 1.91 bits per heavy atom. The van der Waals surface area contributed by atoms with Crippen molar-refractivity contribution in [2.75, 3.05) is 18.4 Å². The molecule has 0 aliphatic carbocycles. The molecule has 0 unspecified atom stereocenters. The summed E-state index contributed by atoms with van der Waals surface area (Å²) in [7, 11) is 0. The highest BCUT2D eigenvalue weighted by Crippen LogP contribution is 2.17. The number of carbonyl (C=O) groups excluding carboxylic acids is 1. The first-order valence-corrected chi connectivity index (χ1v) is 7.47. The Kier molecular flexibility index (Phi) is 4.04. The molecule has 1 amide bonds. The van der Waals surface area contributed by atoms with E-state index in [4.69, 9.17) is 4.52 Å². The van der Waals surface area contributed by atoms with Gasteiger partial charge in [-0.15, -0.1) is 0 Å². The molecule has 7 heteroatoms. The number of piperidine rings is 1. The van der Waals surface area contributed by atoms with Crippen LogP contribution in [0.5, 0.6) is 0 Å². The fraction of sp³-hybridized carbons (Fsp3) is 0.467. The molecule has 1 fully saturated rings. The molecule has 3 heterocycles. The average molecular weight is 301 g/mol. The number of nitrogens with one attached hydrogen (secondary N) is 1. The summed E-state index contributed by atoms with van der Waals surface area (Å²) >= 11 is 0. The van der Waals surface area contributed by atoms with Gasteiger partial charge in [0, 0.05) is 25.2 Å². The van der Waals surface area contributed by atoms with E-state index in [1.807, 2.05) is 11.8 Å². The number of likely N-dealkylation sites (tertiary alicyclic amines) is 1. The molecule has 1 saturated heterocycles. The minimum Gasteiger partial charge on any atom is -0.360 e. The van der Waals surface area contributed by atoms with Crippen LogP contribution < -0.4 is 5.32 Å². The Balaban J connectivity index is 1.81. The maximum Gasteiger partial charge on any atom is 0.272 e. The Bertz CT molecular complexity index is 676. The first-order chi connectivity index (χ1) is 10.6. The minimum absolute atomic E-state index is 0.0374. The van der Waals surface area contributed by atoms with Crippen molar-refractivity contribution in [2.45, 2.75) is 33.1 Å². The lowest BCUT2D eigenvalue weighted by Crippen LogP contribution is -2.36. The summed E-state index contributed by atoms with van der Waals surface area (Å²) in [6, 6.07) is 3.43. The van der Waals surface area contributed by atoms with Crippen molar-refractivity contribution < 1.29 is 9.32 Å². The van der Waals surface area contributed by atoms with E-state index in [0.717, 1.165) is 25.9 Å². The molecule has 0 bridgehead atoms. The second-order valence-corrected chi connectivity index (χ2v) is 5.49. The van der Waals surface area contributed by atoms with Gasteiger partial charge in [0.15, 0.2) is 5.82 Å². The smallest absolute Gasteiger partial charge is 0.272 e.